The SMILES string of the molecule is COC(=O)/C(=C/c1ccc(C)c(C)c1)N=[N+]=[N-]. The first-order valence-electron chi connectivity index (χ1n) is 5.01. The van der Waals surface area contributed by atoms with Crippen molar-refractivity contribution in [3.8, 4) is 0 Å². The van der Waals surface area contributed by atoms with E-state index in [2.05, 4.69) is 14.8 Å². The molecule has 0 atom stereocenters. The summed E-state index contributed by atoms with van der Waals surface area (Å²) in [6.45, 7) is 3.97. The molecule has 0 saturated heterocycles. The zero-order chi connectivity index (χ0) is 12.8. The number of azide groups is 1. The minimum Gasteiger partial charge on any atom is -0.466 e. The fourth-order valence-electron chi connectivity index (χ4n) is 1.29. The largest absolute Gasteiger partial charge is 0.466 e. The summed E-state index contributed by atoms with van der Waals surface area (Å²) in [5.41, 5.74) is 11.4. The molecule has 1 rings (SSSR count). The molecule has 0 heterocycles. The standard InChI is InChI=1S/C12H13N3O2/c1-8-4-5-10(6-9(8)2)7-11(14-15-13)12(16)17-3/h4-7H,1-3H3/b11-7-. The number of esters is 1. The number of aryl methyl sites for hydroxylation is 2. The summed E-state index contributed by atoms with van der Waals surface area (Å²) in [6, 6.07) is 5.69. The van der Waals surface area contributed by atoms with Crippen molar-refractivity contribution in [1.82, 2.24) is 0 Å². The molecule has 17 heavy (non-hydrogen) atoms. The fourth-order valence-corrected chi connectivity index (χ4v) is 1.29. The second-order valence-corrected chi connectivity index (χ2v) is 3.55. The lowest BCUT2D eigenvalue weighted by atomic mass is 10.1. The van der Waals surface area contributed by atoms with E-state index in [4.69, 9.17) is 5.53 Å². The summed E-state index contributed by atoms with van der Waals surface area (Å²) in [6.07, 6.45) is 1.50. The van der Waals surface area contributed by atoms with Crippen LogP contribution in [0, 0.1) is 13.8 Å². The van der Waals surface area contributed by atoms with Crippen LogP contribution in [0.3, 0.4) is 0 Å². The summed E-state index contributed by atoms with van der Waals surface area (Å²) in [7, 11) is 1.24. The normalized spacial score (nSPS) is 10.6. The Hall–Kier alpha value is -2.26. The summed E-state index contributed by atoms with van der Waals surface area (Å²) >= 11 is 0. The molecular formula is C12H13N3O2. The Morgan fingerprint density at radius 2 is 2.12 bits per heavy atom. The minimum absolute atomic E-state index is 0.0572. The zero-order valence-electron chi connectivity index (χ0n) is 9.97. The first-order chi connectivity index (χ1) is 8.08. The lowest BCUT2D eigenvalue weighted by Crippen LogP contribution is -2.01. The van der Waals surface area contributed by atoms with Crippen molar-refractivity contribution in [3.63, 3.8) is 0 Å². The molecule has 0 fully saturated rings. The number of rotatable bonds is 3. The van der Waals surface area contributed by atoms with Crippen LogP contribution in [0.1, 0.15) is 16.7 Å². The Labute approximate surface area is 99.3 Å². The third kappa shape index (κ3) is 3.36. The molecule has 0 amide bonds. The lowest BCUT2D eigenvalue weighted by Gasteiger charge is -2.02. The van der Waals surface area contributed by atoms with Crippen LogP contribution in [0.5, 0.6) is 0 Å². The number of ether oxygens (including phenoxy) is 1. The molecule has 0 aliphatic carbocycles. The number of nitrogens with zero attached hydrogens (tertiary/aromatic N) is 3. The van der Waals surface area contributed by atoms with Gasteiger partial charge in [-0.2, -0.15) is 0 Å². The number of hydrogen-bond acceptors (Lipinski definition) is 3. The summed E-state index contributed by atoms with van der Waals surface area (Å²) in [5, 5.41) is 3.31. The molecule has 88 valence electrons. The van der Waals surface area contributed by atoms with E-state index in [-0.39, 0.29) is 5.70 Å². The van der Waals surface area contributed by atoms with Crippen molar-refractivity contribution < 1.29 is 9.53 Å². The van der Waals surface area contributed by atoms with Gasteiger partial charge in [0, 0.05) is 4.91 Å². The maximum absolute atomic E-state index is 11.3. The molecule has 0 bridgehead atoms. The van der Waals surface area contributed by atoms with E-state index in [1.165, 1.54) is 13.2 Å². The average molecular weight is 231 g/mol. The molecule has 5 heteroatoms. The molecule has 0 aliphatic rings. The van der Waals surface area contributed by atoms with Crippen LogP contribution in [0.25, 0.3) is 16.5 Å². The molecule has 0 saturated carbocycles. The highest BCUT2D eigenvalue weighted by molar-refractivity contribution is 5.93. The molecule has 0 aromatic heterocycles. The third-order valence-corrected chi connectivity index (χ3v) is 2.38. The predicted molar refractivity (Wildman–Crippen MR) is 65.1 cm³/mol. The predicted octanol–water partition coefficient (Wildman–Crippen LogP) is 3.13. The van der Waals surface area contributed by atoms with Gasteiger partial charge in [0.1, 0.15) is 5.70 Å². The van der Waals surface area contributed by atoms with Crippen LogP contribution in [-0.4, -0.2) is 13.1 Å². The monoisotopic (exact) mass is 231 g/mol. The van der Waals surface area contributed by atoms with Gasteiger partial charge >= 0.3 is 5.97 Å². The van der Waals surface area contributed by atoms with E-state index in [0.717, 1.165) is 16.7 Å². The zero-order valence-corrected chi connectivity index (χ0v) is 9.97. The molecule has 0 N–H and O–H groups in total. The van der Waals surface area contributed by atoms with Gasteiger partial charge in [0.05, 0.1) is 7.11 Å². The topological polar surface area (TPSA) is 75.1 Å². The van der Waals surface area contributed by atoms with E-state index >= 15 is 0 Å². The van der Waals surface area contributed by atoms with Gasteiger partial charge < -0.3 is 4.74 Å². The van der Waals surface area contributed by atoms with Gasteiger partial charge in [-0.05, 0) is 42.1 Å². The molecule has 1 aromatic rings. The Morgan fingerprint density at radius 3 is 2.65 bits per heavy atom. The van der Waals surface area contributed by atoms with Crippen LogP contribution in [0.15, 0.2) is 29.0 Å². The quantitative estimate of drug-likeness (QED) is 0.263. The van der Waals surface area contributed by atoms with Crippen molar-refractivity contribution in [2.24, 2.45) is 5.11 Å². The van der Waals surface area contributed by atoms with Crippen molar-refractivity contribution in [3.05, 3.63) is 51.0 Å². The van der Waals surface area contributed by atoms with Crippen LogP contribution in [-0.2, 0) is 9.53 Å². The highest BCUT2D eigenvalue weighted by Crippen LogP contribution is 2.14. The van der Waals surface area contributed by atoms with Crippen molar-refractivity contribution in [2.45, 2.75) is 13.8 Å². The summed E-state index contributed by atoms with van der Waals surface area (Å²) in [5.74, 6) is -0.652. The summed E-state index contributed by atoms with van der Waals surface area (Å²) < 4.78 is 4.52. The smallest absolute Gasteiger partial charge is 0.340 e. The van der Waals surface area contributed by atoms with E-state index < -0.39 is 5.97 Å². The lowest BCUT2D eigenvalue weighted by molar-refractivity contribution is -0.136. The van der Waals surface area contributed by atoms with Crippen LogP contribution >= 0.6 is 0 Å². The second kappa shape index (κ2) is 5.72. The number of carbonyl (C=O) groups is 1. The van der Waals surface area contributed by atoms with Crippen molar-refractivity contribution >= 4 is 12.0 Å². The number of carbonyl (C=O) groups excluding carboxylic acids is 1. The Morgan fingerprint density at radius 1 is 1.41 bits per heavy atom. The molecule has 0 radical (unpaired) electrons. The van der Waals surface area contributed by atoms with Gasteiger partial charge in [0.25, 0.3) is 0 Å². The van der Waals surface area contributed by atoms with Gasteiger partial charge in [-0.25, -0.2) is 4.79 Å². The fraction of sp³-hybridized carbons (Fsp3) is 0.250. The molecule has 0 aliphatic heterocycles. The van der Waals surface area contributed by atoms with Crippen LogP contribution in [0.2, 0.25) is 0 Å². The highest BCUT2D eigenvalue weighted by Gasteiger charge is 2.07. The summed E-state index contributed by atoms with van der Waals surface area (Å²) in [4.78, 5) is 13.9. The number of methoxy groups -OCH3 is 1. The molecule has 1 aromatic carbocycles. The van der Waals surface area contributed by atoms with Gasteiger partial charge in [-0.15, -0.1) is 0 Å². The van der Waals surface area contributed by atoms with Gasteiger partial charge in [0.2, 0.25) is 0 Å². The molecule has 0 unspecified atom stereocenters. The second-order valence-electron chi connectivity index (χ2n) is 3.55. The van der Waals surface area contributed by atoms with Crippen molar-refractivity contribution in [2.75, 3.05) is 7.11 Å². The van der Waals surface area contributed by atoms with E-state index in [0.29, 0.717) is 0 Å². The minimum atomic E-state index is -0.652. The molecular weight excluding hydrogens is 218 g/mol. The third-order valence-electron chi connectivity index (χ3n) is 2.38. The Bertz CT molecular complexity index is 514. The van der Waals surface area contributed by atoms with Gasteiger partial charge in [-0.3, -0.25) is 0 Å². The number of hydrogen-bond donors (Lipinski definition) is 0. The molecule has 5 nitrogen and oxygen atoms in total. The maximum atomic E-state index is 11.3. The first-order valence-corrected chi connectivity index (χ1v) is 5.01. The first kappa shape index (κ1) is 12.8. The Balaban J connectivity index is 3.17. The Kier molecular flexibility index (Phi) is 4.31. The molecule has 0 spiro atoms. The van der Waals surface area contributed by atoms with E-state index in [9.17, 15) is 4.79 Å². The average Bonchev–Trinajstić information content (AvgIpc) is 2.32. The van der Waals surface area contributed by atoms with Crippen LogP contribution in [0.4, 0.5) is 0 Å². The van der Waals surface area contributed by atoms with E-state index in [1.54, 1.807) is 0 Å². The van der Waals surface area contributed by atoms with E-state index in [1.807, 2.05) is 32.0 Å². The highest BCUT2D eigenvalue weighted by atomic mass is 16.5. The van der Waals surface area contributed by atoms with Gasteiger partial charge in [0.15, 0.2) is 0 Å². The maximum Gasteiger partial charge on any atom is 0.340 e. The number of benzene rings is 1. The van der Waals surface area contributed by atoms with Gasteiger partial charge in [-0.1, -0.05) is 23.3 Å². The van der Waals surface area contributed by atoms with Crippen LogP contribution < -0.4 is 0 Å². The van der Waals surface area contributed by atoms with Crippen molar-refractivity contribution in [1.29, 1.82) is 0 Å².